The predicted octanol–water partition coefficient (Wildman–Crippen LogP) is 2.32. The van der Waals surface area contributed by atoms with Crippen molar-refractivity contribution in [1.29, 1.82) is 0 Å². The van der Waals surface area contributed by atoms with Crippen molar-refractivity contribution in [2.45, 2.75) is 25.3 Å². The van der Waals surface area contributed by atoms with Gasteiger partial charge < -0.3 is 18.3 Å². The SMILES string of the molecule is CCCC(c1ccc[nH]1)[Si](OC)(OC)OC. The highest BCUT2D eigenvalue weighted by molar-refractivity contribution is 6.62. The zero-order valence-corrected chi connectivity index (χ0v) is 11.4. The number of aromatic amines is 1. The molecule has 1 rings (SSSR count). The molecular formula is C11H21NO3Si. The van der Waals surface area contributed by atoms with Gasteiger partial charge in [-0.2, -0.15) is 0 Å². The van der Waals surface area contributed by atoms with Gasteiger partial charge in [0.2, 0.25) is 0 Å². The van der Waals surface area contributed by atoms with Gasteiger partial charge in [-0.3, -0.25) is 0 Å². The van der Waals surface area contributed by atoms with Gasteiger partial charge in [0.05, 0.1) is 5.54 Å². The number of H-pyrrole nitrogens is 1. The fourth-order valence-corrected chi connectivity index (χ4v) is 4.61. The second kappa shape index (κ2) is 6.20. The van der Waals surface area contributed by atoms with E-state index in [9.17, 15) is 0 Å². The molecule has 0 aliphatic rings. The van der Waals surface area contributed by atoms with E-state index in [1.165, 1.54) is 0 Å². The van der Waals surface area contributed by atoms with Crippen LogP contribution in [-0.4, -0.2) is 35.1 Å². The Balaban J connectivity index is 2.99. The molecule has 0 saturated carbocycles. The third-order valence-electron chi connectivity index (χ3n) is 2.86. The van der Waals surface area contributed by atoms with Crippen molar-refractivity contribution in [3.63, 3.8) is 0 Å². The molecule has 0 bridgehead atoms. The maximum absolute atomic E-state index is 5.55. The van der Waals surface area contributed by atoms with Crippen molar-refractivity contribution >= 4 is 8.80 Å². The summed E-state index contributed by atoms with van der Waals surface area (Å²) in [6.07, 6.45) is 3.97. The Hall–Kier alpha value is -0.623. The quantitative estimate of drug-likeness (QED) is 0.747. The highest BCUT2D eigenvalue weighted by Crippen LogP contribution is 2.31. The molecule has 1 aromatic heterocycles. The molecule has 5 heteroatoms. The van der Waals surface area contributed by atoms with Crippen molar-refractivity contribution in [3.05, 3.63) is 24.0 Å². The molecule has 1 unspecified atom stereocenters. The molecule has 1 heterocycles. The first-order chi connectivity index (χ1) is 7.74. The van der Waals surface area contributed by atoms with Crippen molar-refractivity contribution in [1.82, 2.24) is 4.98 Å². The summed E-state index contributed by atoms with van der Waals surface area (Å²) < 4.78 is 16.6. The Kier molecular flexibility index (Phi) is 5.21. The van der Waals surface area contributed by atoms with Crippen LogP contribution in [0.1, 0.15) is 31.0 Å². The molecule has 4 nitrogen and oxygen atoms in total. The number of hydrogen-bond donors (Lipinski definition) is 1. The van der Waals surface area contributed by atoms with E-state index in [2.05, 4.69) is 18.0 Å². The summed E-state index contributed by atoms with van der Waals surface area (Å²) in [6, 6.07) is 4.04. The average molecular weight is 243 g/mol. The Morgan fingerprint density at radius 2 is 1.88 bits per heavy atom. The lowest BCUT2D eigenvalue weighted by Crippen LogP contribution is -2.49. The van der Waals surface area contributed by atoms with Crippen LogP contribution in [0.25, 0.3) is 0 Å². The summed E-state index contributed by atoms with van der Waals surface area (Å²) in [5, 5.41) is 0. The van der Waals surface area contributed by atoms with E-state index in [-0.39, 0.29) is 5.54 Å². The summed E-state index contributed by atoms with van der Waals surface area (Å²) >= 11 is 0. The largest absolute Gasteiger partial charge is 0.509 e. The Labute approximate surface area is 98.3 Å². The van der Waals surface area contributed by atoms with Crippen molar-refractivity contribution in [2.75, 3.05) is 21.3 Å². The number of hydrogen-bond acceptors (Lipinski definition) is 3. The molecule has 16 heavy (non-hydrogen) atoms. The van der Waals surface area contributed by atoms with Crippen LogP contribution < -0.4 is 0 Å². The van der Waals surface area contributed by atoms with Gasteiger partial charge in [0.15, 0.2) is 0 Å². The van der Waals surface area contributed by atoms with Crippen LogP contribution in [0.2, 0.25) is 0 Å². The van der Waals surface area contributed by atoms with Gasteiger partial charge in [0.25, 0.3) is 0 Å². The molecule has 1 N–H and O–H groups in total. The maximum Gasteiger partial charge on any atom is 0.509 e. The maximum atomic E-state index is 5.55. The molecule has 0 aromatic carbocycles. The third kappa shape index (κ3) is 2.54. The van der Waals surface area contributed by atoms with Crippen molar-refractivity contribution in [3.8, 4) is 0 Å². The average Bonchev–Trinajstić information content (AvgIpc) is 2.84. The standard InChI is InChI=1S/C11H21NO3Si/c1-5-7-11(10-8-6-9-12-10)16(13-2,14-3)15-4/h6,8-9,11-12H,5,7H2,1-4H3. The van der Waals surface area contributed by atoms with Gasteiger partial charge >= 0.3 is 8.80 Å². The molecule has 0 fully saturated rings. The summed E-state index contributed by atoms with van der Waals surface area (Å²) in [4.78, 5) is 3.22. The molecule has 1 aromatic rings. The van der Waals surface area contributed by atoms with Crippen LogP contribution in [0.15, 0.2) is 18.3 Å². The molecule has 0 spiro atoms. The molecule has 92 valence electrons. The lowest BCUT2D eigenvalue weighted by Gasteiger charge is -2.31. The minimum absolute atomic E-state index is 0.174. The molecular weight excluding hydrogens is 222 g/mol. The van der Waals surface area contributed by atoms with Crippen LogP contribution in [0.4, 0.5) is 0 Å². The summed E-state index contributed by atoms with van der Waals surface area (Å²) in [6.45, 7) is 2.15. The number of rotatable bonds is 7. The highest BCUT2D eigenvalue weighted by atomic mass is 28.4. The van der Waals surface area contributed by atoms with Crippen LogP contribution in [0, 0.1) is 0 Å². The Bertz CT molecular complexity index is 277. The van der Waals surface area contributed by atoms with Crippen LogP contribution in [-0.2, 0) is 13.3 Å². The van der Waals surface area contributed by atoms with E-state index in [4.69, 9.17) is 13.3 Å². The summed E-state index contributed by atoms with van der Waals surface area (Å²) in [7, 11) is 2.37. The topological polar surface area (TPSA) is 43.5 Å². The van der Waals surface area contributed by atoms with E-state index in [0.29, 0.717) is 0 Å². The third-order valence-corrected chi connectivity index (χ3v) is 6.02. The van der Waals surface area contributed by atoms with E-state index in [1.807, 2.05) is 12.3 Å². The number of aromatic nitrogens is 1. The lowest BCUT2D eigenvalue weighted by molar-refractivity contribution is 0.110. The summed E-state index contributed by atoms with van der Waals surface area (Å²) in [5.74, 6) is 0. The minimum atomic E-state index is -2.60. The van der Waals surface area contributed by atoms with E-state index in [0.717, 1.165) is 18.5 Å². The van der Waals surface area contributed by atoms with Crippen LogP contribution >= 0.6 is 0 Å². The van der Waals surface area contributed by atoms with E-state index in [1.54, 1.807) is 21.3 Å². The fourth-order valence-electron chi connectivity index (χ4n) is 2.05. The molecule has 0 radical (unpaired) electrons. The monoisotopic (exact) mass is 243 g/mol. The van der Waals surface area contributed by atoms with Crippen molar-refractivity contribution in [2.24, 2.45) is 0 Å². The molecule has 0 aliphatic heterocycles. The zero-order chi connectivity index (χ0) is 12.0. The normalized spacial score (nSPS) is 14.0. The molecule has 0 saturated heterocycles. The number of nitrogens with one attached hydrogen (secondary N) is 1. The van der Waals surface area contributed by atoms with Gasteiger partial charge in [0, 0.05) is 33.2 Å². The second-order valence-electron chi connectivity index (χ2n) is 3.68. The van der Waals surface area contributed by atoms with Gasteiger partial charge in [0.1, 0.15) is 0 Å². The van der Waals surface area contributed by atoms with E-state index < -0.39 is 8.80 Å². The first kappa shape index (κ1) is 13.4. The van der Waals surface area contributed by atoms with Gasteiger partial charge in [-0.15, -0.1) is 0 Å². The van der Waals surface area contributed by atoms with Gasteiger partial charge in [-0.25, -0.2) is 0 Å². The minimum Gasteiger partial charge on any atom is -0.376 e. The van der Waals surface area contributed by atoms with Crippen LogP contribution in [0.5, 0.6) is 0 Å². The Morgan fingerprint density at radius 3 is 2.25 bits per heavy atom. The lowest BCUT2D eigenvalue weighted by atomic mass is 10.2. The Morgan fingerprint density at radius 1 is 1.25 bits per heavy atom. The van der Waals surface area contributed by atoms with Gasteiger partial charge in [-0.1, -0.05) is 13.3 Å². The second-order valence-corrected chi connectivity index (χ2v) is 6.81. The highest BCUT2D eigenvalue weighted by Gasteiger charge is 2.48. The smallest absolute Gasteiger partial charge is 0.376 e. The molecule has 0 amide bonds. The van der Waals surface area contributed by atoms with Crippen molar-refractivity contribution < 1.29 is 13.3 Å². The van der Waals surface area contributed by atoms with E-state index >= 15 is 0 Å². The van der Waals surface area contributed by atoms with Gasteiger partial charge in [-0.05, 0) is 18.6 Å². The fraction of sp³-hybridized carbons (Fsp3) is 0.636. The predicted molar refractivity (Wildman–Crippen MR) is 65.2 cm³/mol. The first-order valence-corrected chi connectivity index (χ1v) is 7.33. The zero-order valence-electron chi connectivity index (χ0n) is 10.4. The molecule has 1 atom stereocenters. The molecule has 0 aliphatic carbocycles. The van der Waals surface area contributed by atoms with Crippen LogP contribution in [0.3, 0.4) is 0 Å². The summed E-state index contributed by atoms with van der Waals surface area (Å²) in [5.41, 5.74) is 1.30. The first-order valence-electron chi connectivity index (χ1n) is 5.52.